The molecule has 2 fully saturated rings. The van der Waals surface area contributed by atoms with Gasteiger partial charge in [0.05, 0.1) is 0 Å². The molecule has 3 heteroatoms. The molecule has 0 aromatic heterocycles. The SMILES string of the molecule is CCN(C(=S)N[C@@H]1C[C@H]2CC[C@@H]1C2)c1ccccc1C. The molecule has 2 aliphatic rings. The number of fused-ring (bicyclic) bond motifs is 2. The Morgan fingerprint density at radius 1 is 1.30 bits per heavy atom. The highest BCUT2D eigenvalue weighted by Crippen LogP contribution is 2.44. The van der Waals surface area contributed by atoms with Gasteiger partial charge in [-0.15, -0.1) is 0 Å². The molecule has 2 nitrogen and oxygen atoms in total. The normalized spacial score (nSPS) is 27.6. The van der Waals surface area contributed by atoms with Crippen LogP contribution >= 0.6 is 12.2 Å². The fourth-order valence-corrected chi connectivity index (χ4v) is 4.33. The summed E-state index contributed by atoms with van der Waals surface area (Å²) in [7, 11) is 0. The molecule has 1 aromatic carbocycles. The number of nitrogens with zero attached hydrogens (tertiary/aromatic N) is 1. The molecule has 2 aliphatic carbocycles. The van der Waals surface area contributed by atoms with Crippen LogP contribution in [0, 0.1) is 18.8 Å². The second-order valence-electron chi connectivity index (χ2n) is 6.26. The van der Waals surface area contributed by atoms with Crippen LogP contribution in [0.4, 0.5) is 5.69 Å². The molecule has 1 N–H and O–H groups in total. The molecular weight excluding hydrogens is 264 g/mol. The summed E-state index contributed by atoms with van der Waals surface area (Å²) in [5.41, 5.74) is 2.52. The first-order chi connectivity index (χ1) is 9.69. The van der Waals surface area contributed by atoms with E-state index in [-0.39, 0.29) is 0 Å². The topological polar surface area (TPSA) is 15.3 Å². The average molecular weight is 288 g/mol. The number of thiocarbonyl (C=S) groups is 1. The number of aryl methyl sites for hydroxylation is 1. The van der Waals surface area contributed by atoms with Gasteiger partial charge in [0.1, 0.15) is 0 Å². The lowest BCUT2D eigenvalue weighted by atomic mass is 9.95. The van der Waals surface area contributed by atoms with E-state index in [1.54, 1.807) is 0 Å². The summed E-state index contributed by atoms with van der Waals surface area (Å²) >= 11 is 5.68. The van der Waals surface area contributed by atoms with E-state index < -0.39 is 0 Å². The summed E-state index contributed by atoms with van der Waals surface area (Å²) < 4.78 is 0. The van der Waals surface area contributed by atoms with Crippen molar-refractivity contribution in [3.05, 3.63) is 29.8 Å². The molecule has 2 saturated carbocycles. The maximum atomic E-state index is 5.68. The molecule has 0 aliphatic heterocycles. The zero-order valence-electron chi connectivity index (χ0n) is 12.4. The van der Waals surface area contributed by atoms with Crippen molar-refractivity contribution in [2.24, 2.45) is 11.8 Å². The summed E-state index contributed by atoms with van der Waals surface area (Å²) in [5, 5.41) is 4.55. The molecule has 0 spiro atoms. The third-order valence-electron chi connectivity index (χ3n) is 5.01. The highest BCUT2D eigenvalue weighted by molar-refractivity contribution is 7.80. The fraction of sp³-hybridized carbons (Fsp3) is 0.588. The van der Waals surface area contributed by atoms with Gasteiger partial charge in [0.25, 0.3) is 0 Å². The number of nitrogens with one attached hydrogen (secondary N) is 1. The summed E-state index contributed by atoms with van der Waals surface area (Å²) in [6, 6.07) is 9.09. The van der Waals surface area contributed by atoms with Crippen LogP contribution < -0.4 is 10.2 Å². The quantitative estimate of drug-likeness (QED) is 0.850. The molecule has 3 rings (SSSR count). The Hall–Kier alpha value is -1.09. The van der Waals surface area contributed by atoms with Crippen molar-refractivity contribution >= 4 is 23.0 Å². The minimum atomic E-state index is 0.610. The van der Waals surface area contributed by atoms with Crippen molar-refractivity contribution in [3.63, 3.8) is 0 Å². The van der Waals surface area contributed by atoms with Gasteiger partial charge in [-0.25, -0.2) is 0 Å². The molecule has 3 atom stereocenters. The van der Waals surface area contributed by atoms with Gasteiger partial charge in [0.2, 0.25) is 0 Å². The van der Waals surface area contributed by atoms with Crippen molar-refractivity contribution in [1.82, 2.24) is 5.32 Å². The fourth-order valence-electron chi connectivity index (χ4n) is 3.95. The lowest BCUT2D eigenvalue weighted by Crippen LogP contribution is -2.46. The Morgan fingerprint density at radius 2 is 2.10 bits per heavy atom. The van der Waals surface area contributed by atoms with Crippen LogP contribution in [0.25, 0.3) is 0 Å². The molecule has 108 valence electrons. The minimum absolute atomic E-state index is 0.610. The molecule has 1 aromatic rings. The lowest BCUT2D eigenvalue weighted by Gasteiger charge is -2.31. The predicted octanol–water partition coefficient (Wildman–Crippen LogP) is 3.88. The summed E-state index contributed by atoms with van der Waals surface area (Å²) in [5.74, 6) is 1.81. The Bertz CT molecular complexity index is 500. The largest absolute Gasteiger partial charge is 0.359 e. The molecule has 0 unspecified atom stereocenters. The molecule has 0 heterocycles. The Kier molecular flexibility index (Phi) is 3.97. The summed E-state index contributed by atoms with van der Waals surface area (Å²) in [6.45, 7) is 5.23. The van der Waals surface area contributed by atoms with Gasteiger partial charge in [-0.05, 0) is 68.8 Å². The third kappa shape index (κ3) is 2.56. The van der Waals surface area contributed by atoms with Gasteiger partial charge in [-0.1, -0.05) is 24.6 Å². The van der Waals surface area contributed by atoms with Crippen LogP contribution in [0.3, 0.4) is 0 Å². The molecule has 0 saturated heterocycles. The molecular formula is C17H24N2S. The van der Waals surface area contributed by atoms with Crippen molar-refractivity contribution in [1.29, 1.82) is 0 Å². The van der Waals surface area contributed by atoms with Crippen LogP contribution in [-0.2, 0) is 0 Å². The predicted molar refractivity (Wildman–Crippen MR) is 89.2 cm³/mol. The second kappa shape index (κ2) is 5.72. The maximum Gasteiger partial charge on any atom is 0.173 e. The second-order valence-corrected chi connectivity index (χ2v) is 6.65. The molecule has 0 radical (unpaired) electrons. The Balaban J connectivity index is 1.70. The highest BCUT2D eigenvalue weighted by atomic mass is 32.1. The zero-order valence-corrected chi connectivity index (χ0v) is 13.2. The number of hydrogen-bond donors (Lipinski definition) is 1. The molecule has 0 amide bonds. The van der Waals surface area contributed by atoms with E-state index in [2.05, 4.69) is 48.3 Å². The summed E-state index contributed by atoms with van der Waals surface area (Å²) in [6.07, 6.45) is 5.55. The number of rotatable bonds is 3. The van der Waals surface area contributed by atoms with Crippen LogP contribution in [0.1, 0.15) is 38.2 Å². The van der Waals surface area contributed by atoms with E-state index in [0.29, 0.717) is 6.04 Å². The van der Waals surface area contributed by atoms with Crippen molar-refractivity contribution in [2.45, 2.75) is 45.6 Å². The lowest BCUT2D eigenvalue weighted by molar-refractivity contribution is 0.390. The van der Waals surface area contributed by atoms with Crippen LogP contribution in [0.15, 0.2) is 24.3 Å². The van der Waals surface area contributed by atoms with E-state index in [1.165, 1.54) is 36.9 Å². The van der Waals surface area contributed by atoms with Crippen LogP contribution in [0.2, 0.25) is 0 Å². The van der Waals surface area contributed by atoms with E-state index in [1.807, 2.05) is 0 Å². The van der Waals surface area contributed by atoms with Gasteiger partial charge < -0.3 is 10.2 Å². The van der Waals surface area contributed by atoms with Gasteiger partial charge >= 0.3 is 0 Å². The number of anilines is 1. The number of benzene rings is 1. The van der Waals surface area contributed by atoms with Gasteiger partial charge in [0, 0.05) is 18.3 Å². The summed E-state index contributed by atoms with van der Waals surface area (Å²) in [4.78, 5) is 2.23. The van der Waals surface area contributed by atoms with Crippen molar-refractivity contribution < 1.29 is 0 Å². The van der Waals surface area contributed by atoms with Gasteiger partial charge in [-0.2, -0.15) is 0 Å². The first-order valence-corrected chi connectivity index (χ1v) is 8.23. The first-order valence-electron chi connectivity index (χ1n) is 7.82. The minimum Gasteiger partial charge on any atom is -0.359 e. The number of hydrogen-bond acceptors (Lipinski definition) is 1. The Labute approximate surface area is 127 Å². The molecule has 20 heavy (non-hydrogen) atoms. The van der Waals surface area contributed by atoms with Gasteiger partial charge in [-0.3, -0.25) is 0 Å². The standard InChI is InChI=1S/C17H24N2S/c1-3-19(16-7-5-4-6-12(16)2)17(20)18-15-11-13-8-9-14(15)10-13/h4-7,13-15H,3,8-11H2,1-2H3,(H,18,20)/t13-,14+,15+/m0/s1. The third-order valence-corrected chi connectivity index (χ3v) is 5.35. The van der Waals surface area contributed by atoms with Gasteiger partial charge in [0.15, 0.2) is 5.11 Å². The van der Waals surface area contributed by atoms with Crippen LogP contribution in [0.5, 0.6) is 0 Å². The highest BCUT2D eigenvalue weighted by Gasteiger charge is 2.40. The zero-order chi connectivity index (χ0) is 14.1. The monoisotopic (exact) mass is 288 g/mol. The maximum absolute atomic E-state index is 5.68. The van der Waals surface area contributed by atoms with E-state index in [4.69, 9.17) is 12.2 Å². The first kappa shape index (κ1) is 13.9. The number of para-hydroxylation sites is 1. The average Bonchev–Trinajstić information content (AvgIpc) is 3.04. The van der Waals surface area contributed by atoms with E-state index in [0.717, 1.165) is 23.5 Å². The molecule has 2 bridgehead atoms. The van der Waals surface area contributed by atoms with Crippen molar-refractivity contribution in [2.75, 3.05) is 11.4 Å². The van der Waals surface area contributed by atoms with Crippen molar-refractivity contribution in [3.8, 4) is 0 Å². The Morgan fingerprint density at radius 3 is 2.70 bits per heavy atom. The van der Waals surface area contributed by atoms with E-state index >= 15 is 0 Å². The van der Waals surface area contributed by atoms with E-state index in [9.17, 15) is 0 Å². The smallest absolute Gasteiger partial charge is 0.173 e. The van der Waals surface area contributed by atoms with Crippen LogP contribution in [-0.4, -0.2) is 17.7 Å².